The first-order chi connectivity index (χ1) is 14.7. The van der Waals surface area contributed by atoms with Crippen LogP contribution in [0.5, 0.6) is 11.5 Å². The monoisotopic (exact) mass is 407 g/mol. The van der Waals surface area contributed by atoms with Crippen LogP contribution in [0, 0.1) is 17.2 Å². The Balaban J connectivity index is 1.34. The maximum atomic E-state index is 12.2. The van der Waals surface area contributed by atoms with Crippen LogP contribution in [0.2, 0.25) is 0 Å². The summed E-state index contributed by atoms with van der Waals surface area (Å²) in [5.74, 6) is 1.33. The number of oxazole rings is 1. The van der Waals surface area contributed by atoms with Crippen LogP contribution in [0.15, 0.2) is 51.7 Å². The summed E-state index contributed by atoms with van der Waals surface area (Å²) in [7, 11) is 1.58. The van der Waals surface area contributed by atoms with Crippen molar-refractivity contribution in [2.75, 3.05) is 33.4 Å². The number of methoxy groups -OCH3 is 1. The standard InChI is InChI=1S/C23H25N3O4/c1-28-22-13-17(14-24)8-9-21(22)29-16-18-5-4-10-25(15-18)11-12-26-19-6-2-3-7-20(19)30-23(26)27/h2-3,6-9,13,18H,4-5,10-12,15-16H2,1H3. The summed E-state index contributed by atoms with van der Waals surface area (Å²) in [6.07, 6.45) is 2.20. The van der Waals surface area contributed by atoms with Crippen LogP contribution in [0.3, 0.4) is 0 Å². The van der Waals surface area contributed by atoms with Crippen molar-refractivity contribution in [2.45, 2.75) is 19.4 Å². The Labute approximate surface area is 175 Å². The van der Waals surface area contributed by atoms with Crippen LogP contribution < -0.4 is 15.2 Å². The van der Waals surface area contributed by atoms with Crippen molar-refractivity contribution in [2.24, 2.45) is 5.92 Å². The van der Waals surface area contributed by atoms with Gasteiger partial charge in [0.15, 0.2) is 17.1 Å². The number of nitrogens with zero attached hydrogens (tertiary/aromatic N) is 3. The van der Waals surface area contributed by atoms with Gasteiger partial charge < -0.3 is 18.8 Å². The fourth-order valence-electron chi connectivity index (χ4n) is 4.02. The Kier molecular flexibility index (Phi) is 6.05. The van der Waals surface area contributed by atoms with Gasteiger partial charge in [-0.1, -0.05) is 12.1 Å². The van der Waals surface area contributed by atoms with Crippen molar-refractivity contribution in [1.29, 1.82) is 5.26 Å². The molecule has 0 radical (unpaired) electrons. The first-order valence-corrected chi connectivity index (χ1v) is 10.2. The van der Waals surface area contributed by atoms with Crippen LogP contribution in [-0.2, 0) is 6.54 Å². The number of aromatic nitrogens is 1. The highest BCUT2D eigenvalue weighted by Gasteiger charge is 2.21. The third kappa shape index (κ3) is 4.34. The minimum atomic E-state index is -0.305. The molecule has 1 atom stereocenters. The van der Waals surface area contributed by atoms with Crippen LogP contribution in [0.25, 0.3) is 11.1 Å². The van der Waals surface area contributed by atoms with E-state index in [0.29, 0.717) is 41.7 Å². The number of nitriles is 1. The third-order valence-corrected chi connectivity index (χ3v) is 5.58. The van der Waals surface area contributed by atoms with Crippen LogP contribution >= 0.6 is 0 Å². The second-order valence-electron chi connectivity index (χ2n) is 7.58. The number of likely N-dealkylation sites (tertiary alicyclic amines) is 1. The van der Waals surface area contributed by atoms with Crippen LogP contribution in [0.1, 0.15) is 18.4 Å². The highest BCUT2D eigenvalue weighted by molar-refractivity contribution is 5.72. The Bertz CT molecular complexity index is 1110. The molecule has 7 nitrogen and oxygen atoms in total. The Morgan fingerprint density at radius 3 is 2.90 bits per heavy atom. The predicted molar refractivity (Wildman–Crippen MR) is 113 cm³/mol. The van der Waals surface area contributed by atoms with Gasteiger partial charge in [0.05, 0.1) is 30.9 Å². The molecule has 1 aliphatic rings. The summed E-state index contributed by atoms with van der Waals surface area (Å²) in [6.45, 7) is 3.92. The molecule has 2 heterocycles. The van der Waals surface area contributed by atoms with Crippen molar-refractivity contribution in [1.82, 2.24) is 9.47 Å². The molecule has 0 aliphatic carbocycles. The molecule has 1 aromatic heterocycles. The number of ether oxygens (including phenoxy) is 2. The van der Waals surface area contributed by atoms with Gasteiger partial charge in [-0.05, 0) is 43.7 Å². The Hall–Kier alpha value is -3.24. The lowest BCUT2D eigenvalue weighted by Gasteiger charge is -2.32. The van der Waals surface area contributed by atoms with Crippen molar-refractivity contribution < 1.29 is 13.9 Å². The summed E-state index contributed by atoms with van der Waals surface area (Å²) < 4.78 is 18.4. The van der Waals surface area contributed by atoms with Crippen LogP contribution in [0.4, 0.5) is 0 Å². The van der Waals surface area contributed by atoms with E-state index in [2.05, 4.69) is 11.0 Å². The summed E-state index contributed by atoms with van der Waals surface area (Å²) in [5, 5.41) is 9.03. The van der Waals surface area contributed by atoms with E-state index >= 15 is 0 Å². The van der Waals surface area contributed by atoms with E-state index in [9.17, 15) is 4.79 Å². The molecule has 1 saturated heterocycles. The largest absolute Gasteiger partial charge is 0.493 e. The first-order valence-electron chi connectivity index (χ1n) is 10.2. The van der Waals surface area contributed by atoms with Gasteiger partial charge in [0, 0.05) is 31.6 Å². The smallest absolute Gasteiger partial charge is 0.419 e. The second kappa shape index (κ2) is 9.06. The molecule has 0 spiro atoms. The molecule has 156 valence electrons. The summed E-state index contributed by atoms with van der Waals surface area (Å²) in [5.41, 5.74) is 2.01. The molecule has 30 heavy (non-hydrogen) atoms. The van der Waals surface area contributed by atoms with Gasteiger partial charge in [-0.25, -0.2) is 4.79 Å². The van der Waals surface area contributed by atoms with Crippen LogP contribution in [-0.4, -0.2) is 42.8 Å². The van der Waals surface area contributed by atoms with E-state index in [1.807, 2.05) is 24.3 Å². The minimum Gasteiger partial charge on any atom is -0.493 e. The lowest BCUT2D eigenvalue weighted by Crippen LogP contribution is -2.40. The molecule has 2 aromatic carbocycles. The van der Waals surface area contributed by atoms with E-state index < -0.39 is 0 Å². The zero-order chi connectivity index (χ0) is 20.9. The van der Waals surface area contributed by atoms with Crippen molar-refractivity contribution >= 4 is 11.1 Å². The second-order valence-corrected chi connectivity index (χ2v) is 7.58. The van der Waals surface area contributed by atoms with Gasteiger partial charge in [0.1, 0.15) is 0 Å². The molecule has 4 rings (SSSR count). The van der Waals surface area contributed by atoms with Gasteiger partial charge in [-0.15, -0.1) is 0 Å². The fraction of sp³-hybridized carbons (Fsp3) is 0.391. The lowest BCUT2D eigenvalue weighted by molar-refractivity contribution is 0.125. The third-order valence-electron chi connectivity index (χ3n) is 5.58. The topological polar surface area (TPSA) is 80.6 Å². The number of hydrogen-bond acceptors (Lipinski definition) is 6. The molecular formula is C23H25N3O4. The van der Waals surface area contributed by atoms with E-state index in [1.165, 1.54) is 0 Å². The van der Waals surface area contributed by atoms with Gasteiger partial charge in [0.25, 0.3) is 0 Å². The minimum absolute atomic E-state index is 0.305. The number of rotatable bonds is 7. The molecule has 1 fully saturated rings. The van der Waals surface area contributed by atoms with Gasteiger partial charge >= 0.3 is 5.76 Å². The van der Waals surface area contributed by atoms with Gasteiger partial charge in [-0.2, -0.15) is 5.26 Å². The Morgan fingerprint density at radius 1 is 1.20 bits per heavy atom. The normalized spacial score (nSPS) is 17.0. The summed E-state index contributed by atoms with van der Waals surface area (Å²) >= 11 is 0. The SMILES string of the molecule is COc1cc(C#N)ccc1OCC1CCCN(CCn2c(=O)oc3ccccc32)C1. The predicted octanol–water partition coefficient (Wildman–Crippen LogP) is 3.27. The molecular weight excluding hydrogens is 382 g/mol. The summed E-state index contributed by atoms with van der Waals surface area (Å²) in [6, 6.07) is 14.8. The quantitative estimate of drug-likeness (QED) is 0.598. The fourth-order valence-corrected chi connectivity index (χ4v) is 4.02. The zero-order valence-electron chi connectivity index (χ0n) is 17.0. The number of hydrogen-bond donors (Lipinski definition) is 0. The average molecular weight is 407 g/mol. The van der Waals surface area contributed by atoms with E-state index in [1.54, 1.807) is 29.9 Å². The van der Waals surface area contributed by atoms with E-state index in [0.717, 1.165) is 38.0 Å². The molecule has 7 heteroatoms. The highest BCUT2D eigenvalue weighted by atomic mass is 16.5. The molecule has 0 amide bonds. The zero-order valence-corrected chi connectivity index (χ0v) is 17.0. The molecule has 1 unspecified atom stereocenters. The van der Waals surface area contributed by atoms with E-state index in [4.69, 9.17) is 19.2 Å². The number of piperidine rings is 1. The van der Waals surface area contributed by atoms with Crippen molar-refractivity contribution in [3.63, 3.8) is 0 Å². The number of para-hydroxylation sites is 2. The van der Waals surface area contributed by atoms with E-state index in [-0.39, 0.29) is 5.76 Å². The van der Waals surface area contributed by atoms with Gasteiger partial charge in [0.2, 0.25) is 0 Å². The van der Waals surface area contributed by atoms with Crippen molar-refractivity contribution in [3.05, 3.63) is 58.6 Å². The molecule has 1 aliphatic heterocycles. The van der Waals surface area contributed by atoms with Crippen molar-refractivity contribution in [3.8, 4) is 17.6 Å². The molecule has 0 bridgehead atoms. The lowest BCUT2D eigenvalue weighted by atomic mass is 9.99. The first kappa shape index (κ1) is 20.0. The molecule has 0 N–H and O–H groups in total. The molecule has 3 aromatic rings. The maximum Gasteiger partial charge on any atom is 0.419 e. The molecule has 0 saturated carbocycles. The highest BCUT2D eigenvalue weighted by Crippen LogP contribution is 2.29. The average Bonchev–Trinajstić information content (AvgIpc) is 3.11. The summed E-state index contributed by atoms with van der Waals surface area (Å²) in [4.78, 5) is 14.5. The number of benzene rings is 2. The maximum absolute atomic E-state index is 12.2. The van der Waals surface area contributed by atoms with Gasteiger partial charge in [-0.3, -0.25) is 4.57 Å². The Morgan fingerprint density at radius 2 is 2.07 bits per heavy atom. The number of fused-ring (bicyclic) bond motifs is 1.